The lowest BCUT2D eigenvalue weighted by Crippen LogP contribution is -2.31. The lowest BCUT2D eigenvalue weighted by atomic mass is 10.2. The van der Waals surface area contributed by atoms with Gasteiger partial charge in [-0.2, -0.15) is 0 Å². The Hall–Kier alpha value is -1.33. The molecule has 98 valence electrons. The number of nitrogens with zero attached hydrogens (tertiary/aromatic N) is 2. The molecule has 2 rings (SSSR count). The van der Waals surface area contributed by atoms with Crippen LogP contribution in [0.15, 0.2) is 12.1 Å². The van der Waals surface area contributed by atoms with Gasteiger partial charge < -0.3 is 16.0 Å². The van der Waals surface area contributed by atoms with Gasteiger partial charge in [-0.25, -0.2) is 4.98 Å². The highest BCUT2D eigenvalue weighted by atomic mass is 32.1. The summed E-state index contributed by atoms with van der Waals surface area (Å²) in [4.78, 5) is 6.66. The molecular formula is C13H20N4S. The molecule has 0 saturated heterocycles. The molecular weight excluding hydrogens is 244 g/mol. The van der Waals surface area contributed by atoms with Crippen LogP contribution in [-0.2, 0) is 0 Å². The van der Waals surface area contributed by atoms with Gasteiger partial charge in [0.2, 0.25) is 0 Å². The van der Waals surface area contributed by atoms with Crippen LogP contribution in [0.4, 0.5) is 11.4 Å². The van der Waals surface area contributed by atoms with Gasteiger partial charge in [-0.05, 0) is 40.1 Å². The van der Waals surface area contributed by atoms with Crippen LogP contribution < -0.4 is 11.1 Å². The molecule has 0 radical (unpaired) electrons. The van der Waals surface area contributed by atoms with Crippen molar-refractivity contribution in [3.8, 4) is 0 Å². The summed E-state index contributed by atoms with van der Waals surface area (Å²) < 4.78 is 1.15. The number of aryl methyl sites for hydroxylation is 1. The number of benzene rings is 1. The van der Waals surface area contributed by atoms with Crippen LogP contribution >= 0.6 is 11.3 Å². The Balaban J connectivity index is 2.20. The Bertz CT molecular complexity index is 547. The summed E-state index contributed by atoms with van der Waals surface area (Å²) in [6.45, 7) is 5.06. The molecule has 1 aromatic heterocycles. The van der Waals surface area contributed by atoms with E-state index < -0.39 is 0 Å². The van der Waals surface area contributed by atoms with E-state index in [1.807, 2.05) is 19.1 Å². The van der Waals surface area contributed by atoms with Crippen LogP contribution in [-0.4, -0.2) is 36.6 Å². The first-order valence-electron chi connectivity index (χ1n) is 6.04. The van der Waals surface area contributed by atoms with Gasteiger partial charge in [0.1, 0.15) is 0 Å². The third-order valence-electron chi connectivity index (χ3n) is 3.14. The Labute approximate surface area is 112 Å². The van der Waals surface area contributed by atoms with Gasteiger partial charge in [0.15, 0.2) is 0 Å². The molecule has 18 heavy (non-hydrogen) atoms. The number of rotatable bonds is 4. The summed E-state index contributed by atoms with van der Waals surface area (Å²) in [7, 11) is 4.14. The van der Waals surface area contributed by atoms with Crippen molar-refractivity contribution in [2.75, 3.05) is 31.7 Å². The normalized spacial score (nSPS) is 13.2. The van der Waals surface area contributed by atoms with E-state index in [1.54, 1.807) is 11.3 Å². The molecule has 2 aromatic rings. The SMILES string of the molecule is Cc1nc2cc(NCC(C)N(C)C)c(N)cc2s1. The van der Waals surface area contributed by atoms with E-state index >= 15 is 0 Å². The molecule has 1 atom stereocenters. The van der Waals surface area contributed by atoms with E-state index in [0.717, 1.165) is 33.1 Å². The van der Waals surface area contributed by atoms with Crippen molar-refractivity contribution in [1.82, 2.24) is 9.88 Å². The highest BCUT2D eigenvalue weighted by Gasteiger charge is 2.08. The van der Waals surface area contributed by atoms with Crippen molar-refractivity contribution in [2.24, 2.45) is 0 Å². The molecule has 1 aromatic carbocycles. The van der Waals surface area contributed by atoms with E-state index in [9.17, 15) is 0 Å². The second kappa shape index (κ2) is 5.12. The van der Waals surface area contributed by atoms with Crippen molar-refractivity contribution in [3.63, 3.8) is 0 Å². The molecule has 1 unspecified atom stereocenters. The number of likely N-dealkylation sites (N-methyl/N-ethyl adjacent to an activating group) is 1. The van der Waals surface area contributed by atoms with Gasteiger partial charge in [0, 0.05) is 12.6 Å². The summed E-state index contributed by atoms with van der Waals surface area (Å²) >= 11 is 1.68. The number of thiazole rings is 1. The molecule has 0 fully saturated rings. The predicted octanol–water partition coefficient (Wildman–Crippen LogP) is 2.55. The van der Waals surface area contributed by atoms with Crippen molar-refractivity contribution in [3.05, 3.63) is 17.1 Å². The van der Waals surface area contributed by atoms with Crippen molar-refractivity contribution in [1.29, 1.82) is 0 Å². The van der Waals surface area contributed by atoms with Crippen LogP contribution in [0.5, 0.6) is 0 Å². The van der Waals surface area contributed by atoms with E-state index in [1.165, 1.54) is 0 Å². The Kier molecular flexibility index (Phi) is 3.73. The number of hydrogen-bond acceptors (Lipinski definition) is 5. The minimum Gasteiger partial charge on any atom is -0.397 e. The van der Waals surface area contributed by atoms with Crippen molar-refractivity contribution < 1.29 is 0 Å². The summed E-state index contributed by atoms with van der Waals surface area (Å²) in [5.74, 6) is 0. The van der Waals surface area contributed by atoms with Crippen LogP contribution in [0.25, 0.3) is 10.2 Å². The van der Waals surface area contributed by atoms with Crippen LogP contribution in [0.2, 0.25) is 0 Å². The third kappa shape index (κ3) is 2.73. The first kappa shape index (κ1) is 13.1. The number of nitrogens with one attached hydrogen (secondary N) is 1. The molecule has 0 bridgehead atoms. The van der Waals surface area contributed by atoms with E-state index in [4.69, 9.17) is 5.73 Å². The second-order valence-electron chi connectivity index (χ2n) is 4.83. The average Bonchev–Trinajstić information content (AvgIpc) is 2.64. The van der Waals surface area contributed by atoms with Gasteiger partial charge in [0.25, 0.3) is 0 Å². The lowest BCUT2D eigenvalue weighted by molar-refractivity contribution is 0.326. The van der Waals surface area contributed by atoms with Gasteiger partial charge >= 0.3 is 0 Å². The van der Waals surface area contributed by atoms with E-state index in [0.29, 0.717) is 6.04 Å². The smallest absolute Gasteiger partial charge is 0.0907 e. The predicted molar refractivity (Wildman–Crippen MR) is 80.4 cm³/mol. The van der Waals surface area contributed by atoms with Crippen molar-refractivity contribution in [2.45, 2.75) is 19.9 Å². The molecule has 0 amide bonds. The minimum atomic E-state index is 0.456. The monoisotopic (exact) mass is 264 g/mol. The van der Waals surface area contributed by atoms with Gasteiger partial charge in [-0.1, -0.05) is 0 Å². The first-order valence-corrected chi connectivity index (χ1v) is 6.86. The zero-order chi connectivity index (χ0) is 13.3. The lowest BCUT2D eigenvalue weighted by Gasteiger charge is -2.21. The van der Waals surface area contributed by atoms with Gasteiger partial charge in [-0.3, -0.25) is 0 Å². The first-order chi connectivity index (χ1) is 8.47. The number of nitrogens with two attached hydrogens (primary N) is 1. The van der Waals surface area contributed by atoms with Crippen LogP contribution in [0, 0.1) is 6.92 Å². The molecule has 0 aliphatic carbocycles. The molecule has 0 aliphatic rings. The summed E-state index contributed by atoms with van der Waals surface area (Å²) in [5, 5.41) is 4.47. The summed E-state index contributed by atoms with van der Waals surface area (Å²) in [6, 6.07) is 4.50. The molecule has 3 N–H and O–H groups in total. The summed E-state index contributed by atoms with van der Waals surface area (Å²) in [6.07, 6.45) is 0. The van der Waals surface area contributed by atoms with Crippen LogP contribution in [0.1, 0.15) is 11.9 Å². The van der Waals surface area contributed by atoms with Gasteiger partial charge in [0.05, 0.1) is 26.6 Å². The fourth-order valence-corrected chi connectivity index (χ4v) is 2.56. The second-order valence-corrected chi connectivity index (χ2v) is 6.07. The number of fused-ring (bicyclic) bond motifs is 1. The quantitative estimate of drug-likeness (QED) is 0.833. The topological polar surface area (TPSA) is 54.2 Å². The Morgan fingerprint density at radius 2 is 2.17 bits per heavy atom. The minimum absolute atomic E-state index is 0.456. The Morgan fingerprint density at radius 3 is 2.83 bits per heavy atom. The molecule has 4 nitrogen and oxygen atoms in total. The number of hydrogen-bond donors (Lipinski definition) is 2. The fraction of sp³-hybridized carbons (Fsp3) is 0.462. The largest absolute Gasteiger partial charge is 0.397 e. The van der Waals surface area contributed by atoms with E-state index in [2.05, 4.69) is 36.2 Å². The zero-order valence-electron chi connectivity index (χ0n) is 11.3. The highest BCUT2D eigenvalue weighted by Crippen LogP contribution is 2.29. The maximum Gasteiger partial charge on any atom is 0.0907 e. The molecule has 0 spiro atoms. The molecule has 0 aliphatic heterocycles. The maximum absolute atomic E-state index is 6.06. The fourth-order valence-electron chi connectivity index (χ4n) is 1.70. The molecule has 0 saturated carbocycles. The number of aromatic nitrogens is 1. The average molecular weight is 264 g/mol. The zero-order valence-corrected chi connectivity index (χ0v) is 12.1. The van der Waals surface area contributed by atoms with Crippen molar-refractivity contribution >= 4 is 32.9 Å². The Morgan fingerprint density at radius 1 is 1.44 bits per heavy atom. The van der Waals surface area contributed by atoms with Gasteiger partial charge in [-0.15, -0.1) is 11.3 Å². The number of anilines is 2. The molecule has 5 heteroatoms. The van der Waals surface area contributed by atoms with Crippen LogP contribution in [0.3, 0.4) is 0 Å². The number of nitrogen functional groups attached to an aromatic ring is 1. The third-order valence-corrected chi connectivity index (χ3v) is 4.07. The summed E-state index contributed by atoms with van der Waals surface area (Å²) in [5.41, 5.74) is 8.84. The highest BCUT2D eigenvalue weighted by molar-refractivity contribution is 7.18. The van der Waals surface area contributed by atoms with E-state index in [-0.39, 0.29) is 0 Å². The maximum atomic E-state index is 6.06. The molecule has 1 heterocycles. The standard InChI is InChI=1S/C13H20N4S/c1-8(17(3)4)7-15-11-6-12-13(5-10(11)14)18-9(2)16-12/h5-6,8,15H,7,14H2,1-4H3.